The summed E-state index contributed by atoms with van der Waals surface area (Å²) in [6.07, 6.45) is 1.51. The minimum atomic E-state index is -0.0817. The predicted molar refractivity (Wildman–Crippen MR) is 68.4 cm³/mol. The number of unbranched alkanes of at least 4 members (excludes halogenated alkanes) is 1. The van der Waals surface area contributed by atoms with Gasteiger partial charge in [0.1, 0.15) is 0 Å². The van der Waals surface area contributed by atoms with E-state index in [1.165, 1.54) is 11.3 Å². The Morgan fingerprint density at radius 1 is 1.47 bits per heavy atom. The third-order valence-electron chi connectivity index (χ3n) is 1.77. The predicted octanol–water partition coefficient (Wildman–Crippen LogP) is 2.78. The maximum atomic E-state index is 11.6. The molecule has 0 saturated carbocycles. The van der Waals surface area contributed by atoms with Crippen molar-refractivity contribution in [1.29, 1.82) is 0 Å². The van der Waals surface area contributed by atoms with Crippen molar-refractivity contribution in [2.75, 3.05) is 13.2 Å². The average Bonchev–Trinajstić information content (AvgIpc) is 2.52. The Labute approximate surface area is 109 Å². The van der Waals surface area contributed by atoms with E-state index in [0.29, 0.717) is 12.1 Å². The van der Waals surface area contributed by atoms with E-state index in [9.17, 15) is 4.79 Å². The van der Waals surface area contributed by atoms with Crippen LogP contribution in [0, 0.1) is 0 Å². The van der Waals surface area contributed by atoms with Crippen LogP contribution < -0.4 is 5.32 Å². The number of aliphatic hydroxyl groups is 1. The molecule has 0 saturated heterocycles. The molecule has 1 rings (SSSR count). The van der Waals surface area contributed by atoms with Gasteiger partial charge in [-0.15, -0.1) is 11.3 Å². The molecule has 6 heteroatoms. The zero-order valence-corrected chi connectivity index (χ0v) is 11.9. The molecule has 0 aliphatic rings. The largest absolute Gasteiger partial charge is 0.396 e. The van der Waals surface area contributed by atoms with E-state index in [1.807, 2.05) is 0 Å². The smallest absolute Gasteiger partial charge is 0.253 e. The minimum Gasteiger partial charge on any atom is -0.396 e. The first kappa shape index (κ1) is 13.2. The summed E-state index contributed by atoms with van der Waals surface area (Å²) in [5.74, 6) is -0.0817. The van der Waals surface area contributed by atoms with E-state index in [1.54, 1.807) is 6.07 Å². The van der Waals surface area contributed by atoms with E-state index in [4.69, 9.17) is 5.11 Å². The van der Waals surface area contributed by atoms with E-state index >= 15 is 0 Å². The number of carbonyl (C=O) groups is 1. The van der Waals surface area contributed by atoms with Crippen molar-refractivity contribution in [2.24, 2.45) is 0 Å². The molecule has 2 N–H and O–H groups in total. The molecule has 0 radical (unpaired) electrons. The van der Waals surface area contributed by atoms with Gasteiger partial charge in [0, 0.05) is 13.2 Å². The molecule has 1 amide bonds. The van der Waals surface area contributed by atoms with Crippen molar-refractivity contribution in [2.45, 2.75) is 12.8 Å². The van der Waals surface area contributed by atoms with Crippen LogP contribution in [0.15, 0.2) is 13.6 Å². The SMILES string of the molecule is O=C(NCCCCO)c1cc(Br)sc1Br. The molecule has 0 aliphatic heterocycles. The van der Waals surface area contributed by atoms with Crippen LogP contribution in [0.2, 0.25) is 0 Å². The molecule has 0 spiro atoms. The molecule has 0 unspecified atom stereocenters. The molecule has 0 aliphatic carbocycles. The topological polar surface area (TPSA) is 49.3 Å². The van der Waals surface area contributed by atoms with Gasteiger partial charge in [-0.25, -0.2) is 0 Å². The fourth-order valence-electron chi connectivity index (χ4n) is 1.03. The molecular formula is C9H11Br2NO2S. The second kappa shape index (κ2) is 6.62. The van der Waals surface area contributed by atoms with Crippen molar-refractivity contribution in [3.63, 3.8) is 0 Å². The monoisotopic (exact) mass is 355 g/mol. The molecule has 0 atom stereocenters. The maximum Gasteiger partial charge on any atom is 0.253 e. The number of nitrogens with one attached hydrogen (secondary N) is 1. The van der Waals surface area contributed by atoms with E-state index < -0.39 is 0 Å². The molecule has 0 fully saturated rings. The third kappa shape index (κ3) is 4.22. The van der Waals surface area contributed by atoms with Crippen LogP contribution in [0.5, 0.6) is 0 Å². The lowest BCUT2D eigenvalue weighted by Crippen LogP contribution is -2.24. The summed E-state index contributed by atoms with van der Waals surface area (Å²) in [6, 6.07) is 1.79. The molecule has 0 bridgehead atoms. The molecule has 84 valence electrons. The van der Waals surface area contributed by atoms with Crippen LogP contribution in [-0.4, -0.2) is 24.2 Å². The summed E-state index contributed by atoms with van der Waals surface area (Å²) < 4.78 is 1.75. The van der Waals surface area contributed by atoms with Gasteiger partial charge in [-0.05, 0) is 50.8 Å². The van der Waals surface area contributed by atoms with Crippen molar-refractivity contribution in [3.05, 3.63) is 19.2 Å². The number of hydrogen-bond acceptors (Lipinski definition) is 3. The number of carbonyl (C=O) groups excluding carboxylic acids is 1. The van der Waals surface area contributed by atoms with Crippen LogP contribution in [0.1, 0.15) is 23.2 Å². The summed E-state index contributed by atoms with van der Waals surface area (Å²) in [7, 11) is 0. The van der Waals surface area contributed by atoms with Crippen molar-refractivity contribution in [3.8, 4) is 0 Å². The standard InChI is InChI=1S/C9H11Br2NO2S/c10-7-5-6(8(11)15-7)9(14)12-3-1-2-4-13/h5,13H,1-4H2,(H,12,14). The molecule has 15 heavy (non-hydrogen) atoms. The van der Waals surface area contributed by atoms with Crippen molar-refractivity contribution >= 4 is 49.1 Å². The highest BCUT2D eigenvalue weighted by Crippen LogP contribution is 2.31. The molecule has 1 aromatic rings. The quantitative estimate of drug-likeness (QED) is 0.797. The van der Waals surface area contributed by atoms with Crippen LogP contribution in [0.4, 0.5) is 0 Å². The Bertz CT molecular complexity index is 341. The number of halogens is 2. The number of hydrogen-bond donors (Lipinski definition) is 2. The zero-order valence-electron chi connectivity index (χ0n) is 7.93. The number of rotatable bonds is 5. The summed E-state index contributed by atoms with van der Waals surface area (Å²) in [4.78, 5) is 11.6. The fourth-order valence-corrected chi connectivity index (χ4v) is 3.82. The van der Waals surface area contributed by atoms with Gasteiger partial charge >= 0.3 is 0 Å². The second-order valence-electron chi connectivity index (χ2n) is 2.92. The average molecular weight is 357 g/mol. The van der Waals surface area contributed by atoms with Gasteiger partial charge in [-0.2, -0.15) is 0 Å². The van der Waals surface area contributed by atoms with Crippen molar-refractivity contribution in [1.82, 2.24) is 5.32 Å². The van der Waals surface area contributed by atoms with Gasteiger partial charge in [0.05, 0.1) is 13.1 Å². The van der Waals surface area contributed by atoms with E-state index in [0.717, 1.165) is 20.4 Å². The van der Waals surface area contributed by atoms with E-state index in [2.05, 4.69) is 37.2 Å². The lowest BCUT2D eigenvalue weighted by atomic mass is 10.3. The Morgan fingerprint density at radius 3 is 2.73 bits per heavy atom. The summed E-state index contributed by atoms with van der Waals surface area (Å²) >= 11 is 8.12. The molecule has 3 nitrogen and oxygen atoms in total. The Kier molecular flexibility index (Phi) is 5.81. The summed E-state index contributed by atoms with van der Waals surface area (Å²) in [5.41, 5.74) is 0.649. The van der Waals surface area contributed by atoms with Gasteiger partial charge < -0.3 is 10.4 Å². The lowest BCUT2D eigenvalue weighted by Gasteiger charge is -2.02. The summed E-state index contributed by atoms with van der Waals surface area (Å²) in [5, 5.41) is 11.4. The molecule has 0 aromatic carbocycles. The first-order chi connectivity index (χ1) is 7.15. The van der Waals surface area contributed by atoms with E-state index in [-0.39, 0.29) is 12.5 Å². The van der Waals surface area contributed by atoms with Crippen molar-refractivity contribution < 1.29 is 9.90 Å². The van der Waals surface area contributed by atoms with Gasteiger partial charge in [-0.1, -0.05) is 0 Å². The Hall–Kier alpha value is 0.0900. The lowest BCUT2D eigenvalue weighted by molar-refractivity contribution is 0.0952. The maximum absolute atomic E-state index is 11.6. The first-order valence-corrected chi connectivity index (χ1v) is 6.89. The third-order valence-corrected chi connectivity index (χ3v) is 4.11. The minimum absolute atomic E-state index is 0.0817. The number of thiophene rings is 1. The van der Waals surface area contributed by atoms with Crippen LogP contribution in [0.3, 0.4) is 0 Å². The normalized spacial score (nSPS) is 10.3. The molecule has 1 aromatic heterocycles. The first-order valence-electron chi connectivity index (χ1n) is 4.49. The van der Waals surface area contributed by atoms with Crippen LogP contribution in [-0.2, 0) is 0 Å². The van der Waals surface area contributed by atoms with Crippen LogP contribution >= 0.6 is 43.2 Å². The highest BCUT2D eigenvalue weighted by molar-refractivity contribution is 9.12. The van der Waals surface area contributed by atoms with Gasteiger partial charge in [0.15, 0.2) is 0 Å². The molecular weight excluding hydrogens is 346 g/mol. The highest BCUT2D eigenvalue weighted by atomic mass is 79.9. The number of aliphatic hydroxyl groups excluding tert-OH is 1. The molecule has 1 heterocycles. The highest BCUT2D eigenvalue weighted by Gasteiger charge is 2.12. The summed E-state index contributed by atoms with van der Waals surface area (Å²) in [6.45, 7) is 0.767. The Morgan fingerprint density at radius 2 is 2.20 bits per heavy atom. The van der Waals surface area contributed by atoms with Gasteiger partial charge in [0.25, 0.3) is 5.91 Å². The Balaban J connectivity index is 2.43. The second-order valence-corrected chi connectivity index (χ2v) is 6.67. The van der Waals surface area contributed by atoms with Gasteiger partial charge in [0.2, 0.25) is 0 Å². The fraction of sp³-hybridized carbons (Fsp3) is 0.444. The zero-order chi connectivity index (χ0) is 11.3. The van der Waals surface area contributed by atoms with Crippen LogP contribution in [0.25, 0.3) is 0 Å². The number of amides is 1. The van der Waals surface area contributed by atoms with Gasteiger partial charge in [-0.3, -0.25) is 4.79 Å².